The highest BCUT2D eigenvalue weighted by Gasteiger charge is 2.27. The van der Waals surface area contributed by atoms with E-state index in [0.29, 0.717) is 5.92 Å². The molecule has 0 radical (unpaired) electrons. The molecule has 5 heteroatoms. The molecule has 0 N–H and O–H groups in total. The molecule has 1 aromatic rings. The lowest BCUT2D eigenvalue weighted by atomic mass is 10.4. The molecule has 0 bridgehead atoms. The Balaban J connectivity index is 2.39. The van der Waals surface area contributed by atoms with Crippen molar-refractivity contribution in [1.82, 2.24) is 15.0 Å². The van der Waals surface area contributed by atoms with Crippen molar-refractivity contribution in [3.05, 3.63) is 16.4 Å². The van der Waals surface area contributed by atoms with Crippen LogP contribution in [0.2, 0.25) is 10.6 Å². The second kappa shape index (κ2) is 2.57. The molecular formula is C6H5Cl2N3. The summed E-state index contributed by atoms with van der Waals surface area (Å²) in [5.74, 6) is 1.20. The van der Waals surface area contributed by atoms with Gasteiger partial charge in [0.05, 0.1) is 0 Å². The molecule has 0 unspecified atom stereocenters. The molecule has 0 aromatic carbocycles. The van der Waals surface area contributed by atoms with Gasteiger partial charge in [-0.15, -0.1) is 0 Å². The summed E-state index contributed by atoms with van der Waals surface area (Å²) >= 11 is 11.2. The smallest absolute Gasteiger partial charge is 0.202 e. The summed E-state index contributed by atoms with van der Waals surface area (Å²) in [5.41, 5.74) is 0. The Hall–Kier alpha value is -0.410. The van der Waals surface area contributed by atoms with Crippen LogP contribution in [0, 0.1) is 0 Å². The summed E-state index contributed by atoms with van der Waals surface area (Å²) in [6.45, 7) is 0. The molecule has 1 fully saturated rings. The molecule has 3 nitrogen and oxygen atoms in total. The molecule has 0 amide bonds. The molecule has 2 rings (SSSR count). The van der Waals surface area contributed by atoms with Gasteiger partial charge < -0.3 is 0 Å². The molecule has 0 aliphatic heterocycles. The van der Waals surface area contributed by atoms with Gasteiger partial charge in [0.15, 0.2) is 0 Å². The fourth-order valence-electron chi connectivity index (χ4n) is 0.864. The van der Waals surface area contributed by atoms with E-state index < -0.39 is 0 Å². The number of aromatic nitrogens is 3. The molecule has 1 aromatic heterocycles. The highest BCUT2D eigenvalue weighted by atomic mass is 35.5. The van der Waals surface area contributed by atoms with Crippen LogP contribution in [0.25, 0.3) is 0 Å². The largest absolute Gasteiger partial charge is 0.226 e. The zero-order valence-electron chi connectivity index (χ0n) is 5.59. The monoisotopic (exact) mass is 189 g/mol. The summed E-state index contributed by atoms with van der Waals surface area (Å²) in [4.78, 5) is 11.6. The average Bonchev–Trinajstić information content (AvgIpc) is 2.64. The van der Waals surface area contributed by atoms with Crippen molar-refractivity contribution in [2.24, 2.45) is 0 Å². The SMILES string of the molecule is Clc1nc(Cl)nc(C2CC2)n1. The summed E-state index contributed by atoms with van der Waals surface area (Å²) in [7, 11) is 0. The highest BCUT2D eigenvalue weighted by molar-refractivity contribution is 6.31. The van der Waals surface area contributed by atoms with Crippen LogP contribution in [0.5, 0.6) is 0 Å². The van der Waals surface area contributed by atoms with Crippen LogP contribution in [0.1, 0.15) is 24.6 Å². The Morgan fingerprint density at radius 1 is 1.00 bits per heavy atom. The Morgan fingerprint density at radius 3 is 2.00 bits per heavy atom. The molecule has 1 saturated carbocycles. The topological polar surface area (TPSA) is 38.7 Å². The standard InChI is InChI=1S/C6H5Cl2N3/c7-5-9-4(3-1-2-3)10-6(8)11-5/h3H,1-2H2. The maximum atomic E-state index is 5.58. The van der Waals surface area contributed by atoms with Crippen molar-refractivity contribution in [3.63, 3.8) is 0 Å². The predicted octanol–water partition coefficient (Wildman–Crippen LogP) is 2.06. The van der Waals surface area contributed by atoms with Crippen LogP contribution in [0.3, 0.4) is 0 Å². The summed E-state index contributed by atoms with van der Waals surface area (Å²) in [6.07, 6.45) is 2.27. The van der Waals surface area contributed by atoms with E-state index in [2.05, 4.69) is 15.0 Å². The lowest BCUT2D eigenvalue weighted by Gasteiger charge is -1.95. The molecule has 0 atom stereocenters. The predicted molar refractivity (Wildman–Crippen MR) is 41.8 cm³/mol. The van der Waals surface area contributed by atoms with E-state index in [1.807, 2.05) is 0 Å². The Kier molecular flexibility index (Phi) is 1.69. The third-order valence-electron chi connectivity index (χ3n) is 1.54. The van der Waals surface area contributed by atoms with Gasteiger partial charge in [-0.2, -0.15) is 4.98 Å². The van der Waals surface area contributed by atoms with Crippen LogP contribution in [0.4, 0.5) is 0 Å². The van der Waals surface area contributed by atoms with E-state index in [1.165, 1.54) is 0 Å². The van der Waals surface area contributed by atoms with E-state index >= 15 is 0 Å². The van der Waals surface area contributed by atoms with Gasteiger partial charge in [0.25, 0.3) is 0 Å². The highest BCUT2D eigenvalue weighted by Crippen LogP contribution is 2.38. The minimum atomic E-state index is 0.187. The molecule has 1 aliphatic rings. The van der Waals surface area contributed by atoms with E-state index in [4.69, 9.17) is 23.2 Å². The molecule has 1 heterocycles. The van der Waals surface area contributed by atoms with Crippen LogP contribution in [-0.2, 0) is 0 Å². The van der Waals surface area contributed by atoms with Gasteiger partial charge in [-0.05, 0) is 36.0 Å². The van der Waals surface area contributed by atoms with Crippen molar-refractivity contribution in [2.45, 2.75) is 18.8 Å². The first-order valence-electron chi connectivity index (χ1n) is 3.32. The second-order valence-electron chi connectivity index (χ2n) is 2.51. The van der Waals surface area contributed by atoms with Crippen molar-refractivity contribution in [3.8, 4) is 0 Å². The number of halogens is 2. The number of rotatable bonds is 1. The third-order valence-corrected chi connectivity index (χ3v) is 1.88. The van der Waals surface area contributed by atoms with Crippen LogP contribution >= 0.6 is 23.2 Å². The molecule has 0 saturated heterocycles. The first kappa shape index (κ1) is 7.25. The fourth-order valence-corrected chi connectivity index (χ4v) is 1.24. The van der Waals surface area contributed by atoms with E-state index in [1.54, 1.807) is 0 Å². The third kappa shape index (κ3) is 1.60. The minimum absolute atomic E-state index is 0.187. The summed E-state index contributed by atoms with van der Waals surface area (Å²) < 4.78 is 0. The lowest BCUT2D eigenvalue weighted by molar-refractivity contribution is 0.887. The molecule has 0 spiro atoms. The Bertz CT molecular complexity index is 265. The quantitative estimate of drug-likeness (QED) is 0.680. The van der Waals surface area contributed by atoms with E-state index in [-0.39, 0.29) is 10.6 Å². The normalized spacial score (nSPS) is 16.9. The lowest BCUT2D eigenvalue weighted by Crippen LogP contribution is -1.95. The Labute approximate surface area is 73.8 Å². The minimum Gasteiger partial charge on any atom is -0.202 e. The van der Waals surface area contributed by atoms with Crippen molar-refractivity contribution in [1.29, 1.82) is 0 Å². The van der Waals surface area contributed by atoms with Gasteiger partial charge in [0.1, 0.15) is 5.82 Å². The zero-order chi connectivity index (χ0) is 7.84. The van der Waals surface area contributed by atoms with E-state index in [0.717, 1.165) is 18.7 Å². The van der Waals surface area contributed by atoms with Crippen LogP contribution in [0.15, 0.2) is 0 Å². The fraction of sp³-hybridized carbons (Fsp3) is 0.500. The summed E-state index contributed by atoms with van der Waals surface area (Å²) in [5, 5.41) is 0.374. The van der Waals surface area contributed by atoms with Gasteiger partial charge in [0, 0.05) is 5.92 Å². The van der Waals surface area contributed by atoms with Crippen molar-refractivity contribution < 1.29 is 0 Å². The van der Waals surface area contributed by atoms with Crippen molar-refractivity contribution in [2.75, 3.05) is 0 Å². The maximum Gasteiger partial charge on any atom is 0.226 e. The number of hydrogen-bond acceptors (Lipinski definition) is 3. The average molecular weight is 190 g/mol. The Morgan fingerprint density at radius 2 is 1.55 bits per heavy atom. The molecule has 11 heavy (non-hydrogen) atoms. The maximum absolute atomic E-state index is 5.58. The van der Waals surface area contributed by atoms with Gasteiger partial charge in [-0.3, -0.25) is 0 Å². The first-order chi connectivity index (χ1) is 5.25. The zero-order valence-corrected chi connectivity index (χ0v) is 7.10. The number of hydrogen-bond donors (Lipinski definition) is 0. The second-order valence-corrected chi connectivity index (χ2v) is 3.18. The van der Waals surface area contributed by atoms with Gasteiger partial charge >= 0.3 is 0 Å². The first-order valence-corrected chi connectivity index (χ1v) is 4.08. The van der Waals surface area contributed by atoms with Gasteiger partial charge in [-0.1, -0.05) is 0 Å². The molecule has 58 valence electrons. The van der Waals surface area contributed by atoms with Gasteiger partial charge in [0.2, 0.25) is 10.6 Å². The molecular weight excluding hydrogens is 185 g/mol. The number of nitrogens with zero attached hydrogens (tertiary/aromatic N) is 3. The summed E-state index contributed by atoms with van der Waals surface area (Å²) in [6, 6.07) is 0. The molecule has 1 aliphatic carbocycles. The van der Waals surface area contributed by atoms with Crippen LogP contribution < -0.4 is 0 Å². The van der Waals surface area contributed by atoms with Crippen LogP contribution in [-0.4, -0.2) is 15.0 Å². The van der Waals surface area contributed by atoms with E-state index in [9.17, 15) is 0 Å². The van der Waals surface area contributed by atoms with Gasteiger partial charge in [-0.25, -0.2) is 9.97 Å². The van der Waals surface area contributed by atoms with Crippen molar-refractivity contribution >= 4 is 23.2 Å².